The summed E-state index contributed by atoms with van der Waals surface area (Å²) in [5, 5.41) is 14.7. The minimum atomic E-state index is -5.02. The van der Waals surface area contributed by atoms with Crippen LogP contribution in [0.2, 0.25) is 0 Å². The summed E-state index contributed by atoms with van der Waals surface area (Å²) in [5.74, 6) is -0.937. The van der Waals surface area contributed by atoms with Crippen LogP contribution < -0.4 is 40.6 Å². The van der Waals surface area contributed by atoms with Crippen molar-refractivity contribution in [1.29, 1.82) is 10.8 Å². The van der Waals surface area contributed by atoms with Gasteiger partial charge in [0.15, 0.2) is 0 Å². The van der Waals surface area contributed by atoms with Gasteiger partial charge in [-0.1, -0.05) is 8.67 Å². The van der Waals surface area contributed by atoms with Crippen LogP contribution in [0.1, 0.15) is 0 Å². The molecule has 0 aliphatic carbocycles. The molecule has 0 aliphatic rings. The molecule has 0 heterocycles. The van der Waals surface area contributed by atoms with Gasteiger partial charge < -0.3 is 27.7 Å². The summed E-state index contributed by atoms with van der Waals surface area (Å²) >= 11 is 0. The predicted molar refractivity (Wildman–Crippen MR) is 56.0 cm³/mol. The van der Waals surface area contributed by atoms with Gasteiger partial charge in [-0.15, -0.1) is 0 Å². The van der Waals surface area contributed by atoms with Crippen LogP contribution in [0.3, 0.4) is 0 Å². The number of rotatable bonds is 3. The normalized spacial score (nSPS) is 9.79. The first-order valence-electron chi connectivity index (χ1n) is 3.07. The van der Waals surface area contributed by atoms with Gasteiger partial charge in [-0.25, -0.2) is 0 Å². The SMILES string of the molecule is N=C([NH-])NC(=N)N.O.O=S(=O)(O)OOS(=O)(=O)O.[Na+]. The molecular formula is C2H10N5NaO9S2. The van der Waals surface area contributed by atoms with Crippen molar-refractivity contribution in [2.45, 2.75) is 0 Å². The molecule has 0 atom stereocenters. The van der Waals surface area contributed by atoms with Crippen LogP contribution in [0.5, 0.6) is 0 Å². The third kappa shape index (κ3) is 38.1. The smallest absolute Gasteiger partial charge is 0.412 e. The van der Waals surface area contributed by atoms with Crippen LogP contribution in [0.25, 0.3) is 5.73 Å². The van der Waals surface area contributed by atoms with E-state index in [1.54, 1.807) is 0 Å². The zero-order valence-corrected chi connectivity index (χ0v) is 12.9. The molecule has 0 aliphatic heterocycles. The monoisotopic (exact) mass is 335 g/mol. The zero-order chi connectivity index (χ0) is 14.3. The Kier molecular flexibility index (Phi) is 16.0. The van der Waals surface area contributed by atoms with Gasteiger partial charge in [-0.3, -0.25) is 14.5 Å². The molecule has 0 rings (SSSR count). The molecule has 0 fully saturated rings. The first-order valence-corrected chi connectivity index (χ1v) is 5.80. The van der Waals surface area contributed by atoms with E-state index >= 15 is 0 Å². The average Bonchev–Trinajstić information content (AvgIpc) is 1.96. The summed E-state index contributed by atoms with van der Waals surface area (Å²) in [4.78, 5) is 0. The Bertz CT molecular complexity index is 427. The van der Waals surface area contributed by atoms with Gasteiger partial charge >= 0.3 is 50.4 Å². The van der Waals surface area contributed by atoms with Gasteiger partial charge in [0.1, 0.15) is 5.96 Å². The van der Waals surface area contributed by atoms with Crippen molar-refractivity contribution in [3.8, 4) is 0 Å². The molecule has 0 spiro atoms. The molecule has 0 unspecified atom stereocenters. The quantitative estimate of drug-likeness (QED) is 0.0709. The van der Waals surface area contributed by atoms with Crippen molar-refractivity contribution < 1.29 is 69.6 Å². The van der Waals surface area contributed by atoms with Gasteiger partial charge in [0, 0.05) is 5.96 Å². The van der Waals surface area contributed by atoms with Crippen molar-refractivity contribution in [2.75, 3.05) is 0 Å². The van der Waals surface area contributed by atoms with Crippen molar-refractivity contribution in [3.63, 3.8) is 0 Å². The van der Waals surface area contributed by atoms with Crippen LogP contribution >= 0.6 is 0 Å². The standard InChI is InChI=1S/C2H6N5.Na.H2O8S2.H2O/c3-1(4)7-2(5)6;;1-9(2,3)7-8-10(4,5)6;/h(H6-,3,4,5,6,7);;(H,1,2,3)(H,4,5,6);1H2/q-1;+1;;. The Labute approximate surface area is 129 Å². The van der Waals surface area contributed by atoms with Crippen molar-refractivity contribution >= 4 is 32.7 Å². The summed E-state index contributed by atoms with van der Waals surface area (Å²) in [5.41, 5.74) is 11.1. The third-order valence-corrected chi connectivity index (χ3v) is 1.03. The fourth-order valence-electron chi connectivity index (χ4n) is 0.205. The van der Waals surface area contributed by atoms with E-state index in [1.165, 1.54) is 0 Å². The van der Waals surface area contributed by atoms with Crippen molar-refractivity contribution in [2.24, 2.45) is 5.73 Å². The Balaban J connectivity index is -0.000000112. The molecule has 10 N–H and O–H groups in total. The van der Waals surface area contributed by atoms with E-state index in [0.29, 0.717) is 0 Å². The van der Waals surface area contributed by atoms with Crippen LogP contribution in [0.4, 0.5) is 0 Å². The van der Waals surface area contributed by atoms with Crippen LogP contribution in [-0.4, -0.2) is 43.3 Å². The molecule has 0 aromatic heterocycles. The zero-order valence-electron chi connectivity index (χ0n) is 9.24. The Morgan fingerprint density at radius 2 is 1.37 bits per heavy atom. The van der Waals surface area contributed by atoms with Gasteiger partial charge in [0.2, 0.25) is 0 Å². The molecule has 0 aromatic rings. The molecular weight excluding hydrogens is 325 g/mol. The van der Waals surface area contributed by atoms with E-state index in [0.717, 1.165) is 0 Å². The summed E-state index contributed by atoms with van der Waals surface area (Å²) in [6.45, 7) is 0. The molecule has 0 amide bonds. The molecule has 0 aromatic carbocycles. The fraction of sp³-hybridized carbons (Fsp3) is 0. The maximum Gasteiger partial charge on any atom is 1.00 e. The molecule has 0 saturated carbocycles. The van der Waals surface area contributed by atoms with Crippen molar-refractivity contribution in [1.82, 2.24) is 5.32 Å². The van der Waals surface area contributed by atoms with Gasteiger partial charge in [-0.2, -0.15) is 16.8 Å². The second-order valence-corrected chi connectivity index (χ2v) is 3.89. The summed E-state index contributed by atoms with van der Waals surface area (Å²) in [6.07, 6.45) is 0. The van der Waals surface area contributed by atoms with E-state index in [1.807, 2.05) is 5.32 Å². The van der Waals surface area contributed by atoms with Crippen LogP contribution in [0, 0.1) is 10.8 Å². The van der Waals surface area contributed by atoms with Gasteiger partial charge in [-0.05, 0) is 0 Å². The van der Waals surface area contributed by atoms with Crippen LogP contribution in [0.15, 0.2) is 0 Å². The molecule has 110 valence electrons. The maximum atomic E-state index is 9.51. The largest absolute Gasteiger partial charge is 1.00 e. The second kappa shape index (κ2) is 11.3. The first-order chi connectivity index (χ1) is 7.33. The topological polar surface area (TPSA) is 268 Å². The summed E-state index contributed by atoms with van der Waals surface area (Å²) in [6, 6.07) is 0. The van der Waals surface area contributed by atoms with Crippen LogP contribution in [-0.2, 0) is 29.5 Å². The van der Waals surface area contributed by atoms with E-state index < -0.39 is 26.8 Å². The minimum absolute atomic E-state index is 0. The number of nitrogens with two attached hydrogens (primary N) is 1. The number of hydrogen-bond donors (Lipinski definition) is 6. The van der Waals surface area contributed by atoms with Gasteiger partial charge in [0.05, 0.1) is 0 Å². The summed E-state index contributed by atoms with van der Waals surface area (Å²) in [7, 11) is -10.0. The minimum Gasteiger partial charge on any atom is -0.412 e. The molecule has 14 nitrogen and oxygen atoms in total. The molecule has 0 bridgehead atoms. The molecule has 0 saturated heterocycles. The van der Waals surface area contributed by atoms with E-state index in [9.17, 15) is 16.8 Å². The fourth-order valence-corrected chi connectivity index (χ4v) is 0.767. The predicted octanol–water partition coefficient (Wildman–Crippen LogP) is -5.82. The Morgan fingerprint density at radius 1 is 1.11 bits per heavy atom. The number of guanidine groups is 2. The van der Waals surface area contributed by atoms with E-state index in [-0.39, 0.29) is 41.0 Å². The second-order valence-electron chi connectivity index (χ2n) is 1.91. The van der Waals surface area contributed by atoms with Crippen molar-refractivity contribution in [3.05, 3.63) is 5.73 Å². The average molecular weight is 335 g/mol. The first kappa shape index (κ1) is 26.9. The Morgan fingerprint density at radius 3 is 1.42 bits per heavy atom. The Hall–Kier alpha value is -0.560. The van der Waals surface area contributed by atoms with E-state index in [2.05, 4.69) is 8.67 Å². The molecule has 19 heavy (non-hydrogen) atoms. The molecule has 17 heteroatoms. The summed E-state index contributed by atoms with van der Waals surface area (Å²) < 4.78 is 58.9. The molecule has 0 radical (unpaired) electrons. The van der Waals surface area contributed by atoms with E-state index in [4.69, 9.17) is 31.4 Å². The maximum absolute atomic E-state index is 9.51. The van der Waals surface area contributed by atoms with Gasteiger partial charge in [0.25, 0.3) is 0 Å². The third-order valence-electron chi connectivity index (χ3n) is 0.459. The number of nitrogens with one attached hydrogen (secondary N) is 4. The number of hydrogen-bond acceptors (Lipinski definition) is 8.